The Kier molecular flexibility index (Phi) is 3.23. The fraction of sp³-hybridized carbons (Fsp3) is 0.105. The van der Waals surface area contributed by atoms with Gasteiger partial charge in [0.05, 0.1) is 6.42 Å². The van der Waals surface area contributed by atoms with E-state index in [1.807, 2.05) is 36.4 Å². The topological polar surface area (TPSA) is 26.3 Å². The predicted octanol–water partition coefficient (Wildman–Crippen LogP) is 5.04. The van der Waals surface area contributed by atoms with Crippen molar-refractivity contribution < 1.29 is 9.53 Å². The summed E-state index contributed by atoms with van der Waals surface area (Å²) in [6.45, 7) is 0. The maximum atomic E-state index is 12.0. The maximum Gasteiger partial charge on any atom is 0.312 e. The van der Waals surface area contributed by atoms with Gasteiger partial charge in [0.1, 0.15) is 5.75 Å². The highest BCUT2D eigenvalue weighted by Crippen LogP contribution is 2.42. The smallest absolute Gasteiger partial charge is 0.312 e. The van der Waals surface area contributed by atoms with Gasteiger partial charge in [0.15, 0.2) is 0 Å². The number of esters is 1. The average Bonchev–Trinajstić information content (AvgIpc) is 2.54. The molecule has 3 aromatic carbocycles. The Morgan fingerprint density at radius 3 is 2.55 bits per heavy atom. The van der Waals surface area contributed by atoms with Gasteiger partial charge in [-0.15, -0.1) is 0 Å². The van der Waals surface area contributed by atoms with Crippen molar-refractivity contribution >= 4 is 32.7 Å². The molecule has 0 bridgehead atoms. The first-order valence-corrected chi connectivity index (χ1v) is 7.99. The number of hydrogen-bond donors (Lipinski definition) is 0. The van der Waals surface area contributed by atoms with E-state index in [0.29, 0.717) is 12.2 Å². The minimum atomic E-state index is -0.171. The second kappa shape index (κ2) is 5.25. The fourth-order valence-corrected chi connectivity index (χ4v) is 3.40. The zero-order valence-corrected chi connectivity index (χ0v) is 13.3. The van der Waals surface area contributed by atoms with Crippen molar-refractivity contribution in [1.29, 1.82) is 0 Å². The van der Waals surface area contributed by atoms with Crippen LogP contribution in [0.2, 0.25) is 0 Å². The van der Waals surface area contributed by atoms with E-state index in [-0.39, 0.29) is 11.9 Å². The molecule has 0 saturated carbocycles. The highest BCUT2D eigenvalue weighted by atomic mass is 79.9. The van der Waals surface area contributed by atoms with Gasteiger partial charge in [-0.2, -0.15) is 0 Å². The Morgan fingerprint density at radius 1 is 0.955 bits per heavy atom. The van der Waals surface area contributed by atoms with E-state index in [4.69, 9.17) is 4.74 Å². The second-order valence-corrected chi connectivity index (χ2v) is 6.40. The van der Waals surface area contributed by atoms with Crippen molar-refractivity contribution in [2.75, 3.05) is 0 Å². The summed E-state index contributed by atoms with van der Waals surface area (Å²) in [5, 5.41) is 2.32. The van der Waals surface area contributed by atoms with Crippen LogP contribution in [0.3, 0.4) is 0 Å². The lowest BCUT2D eigenvalue weighted by atomic mass is 9.83. The second-order valence-electron chi connectivity index (χ2n) is 5.48. The Hall–Kier alpha value is -2.13. The summed E-state index contributed by atoms with van der Waals surface area (Å²) in [4.78, 5) is 12.0. The van der Waals surface area contributed by atoms with Gasteiger partial charge in [0.25, 0.3) is 0 Å². The summed E-state index contributed by atoms with van der Waals surface area (Å²) in [5.41, 5.74) is 2.25. The van der Waals surface area contributed by atoms with Gasteiger partial charge in [-0.1, -0.05) is 58.4 Å². The first kappa shape index (κ1) is 13.5. The number of rotatable bonds is 1. The molecular weight excluding hydrogens is 340 g/mol. The van der Waals surface area contributed by atoms with Crippen LogP contribution in [0.15, 0.2) is 65.1 Å². The molecule has 1 heterocycles. The molecule has 0 amide bonds. The molecule has 0 spiro atoms. The van der Waals surface area contributed by atoms with Crippen LogP contribution in [0.5, 0.6) is 5.75 Å². The quantitative estimate of drug-likeness (QED) is 0.452. The largest absolute Gasteiger partial charge is 0.426 e. The van der Waals surface area contributed by atoms with Crippen LogP contribution in [-0.4, -0.2) is 5.97 Å². The highest BCUT2D eigenvalue weighted by Gasteiger charge is 2.29. The van der Waals surface area contributed by atoms with E-state index < -0.39 is 0 Å². The molecular formula is C19H13BrO2. The van der Waals surface area contributed by atoms with E-state index in [1.54, 1.807) is 0 Å². The van der Waals surface area contributed by atoms with Gasteiger partial charge in [-0.25, -0.2) is 0 Å². The molecule has 0 saturated heterocycles. The van der Waals surface area contributed by atoms with E-state index in [0.717, 1.165) is 21.0 Å². The van der Waals surface area contributed by atoms with Gasteiger partial charge >= 0.3 is 5.97 Å². The summed E-state index contributed by atoms with van der Waals surface area (Å²) in [5.74, 6) is 0.550. The molecule has 2 nitrogen and oxygen atoms in total. The average molecular weight is 353 g/mol. The standard InChI is InChI=1S/C19H13BrO2/c20-14-8-5-13(6-9-14)16-11-18(21)22-17-10-7-12-3-1-2-4-15(12)19(16)17/h1-10,16H,11H2/t16-/m0/s1. The molecule has 1 aliphatic rings. The number of halogens is 1. The molecule has 108 valence electrons. The Labute approximate surface area is 136 Å². The van der Waals surface area contributed by atoms with Crippen molar-refractivity contribution in [3.8, 4) is 5.75 Å². The number of ether oxygens (including phenoxy) is 1. The third-order valence-electron chi connectivity index (χ3n) is 4.15. The van der Waals surface area contributed by atoms with Crippen LogP contribution in [0.4, 0.5) is 0 Å². The van der Waals surface area contributed by atoms with Crippen LogP contribution in [0.25, 0.3) is 10.8 Å². The molecule has 3 aromatic rings. The van der Waals surface area contributed by atoms with E-state index in [9.17, 15) is 4.79 Å². The zero-order valence-electron chi connectivity index (χ0n) is 11.8. The SMILES string of the molecule is O=C1C[C@@H](c2ccc(Br)cc2)c2c(ccc3ccccc23)O1. The van der Waals surface area contributed by atoms with Crippen LogP contribution in [0, 0.1) is 0 Å². The number of carbonyl (C=O) groups excluding carboxylic acids is 1. The van der Waals surface area contributed by atoms with Gasteiger partial charge < -0.3 is 4.74 Å². The fourth-order valence-electron chi connectivity index (χ4n) is 3.14. The minimum absolute atomic E-state index is 0.0375. The first-order valence-electron chi connectivity index (χ1n) is 7.20. The number of carbonyl (C=O) groups is 1. The monoisotopic (exact) mass is 352 g/mol. The van der Waals surface area contributed by atoms with Crippen molar-refractivity contribution in [2.45, 2.75) is 12.3 Å². The molecule has 0 radical (unpaired) electrons. The molecule has 0 fully saturated rings. The molecule has 3 heteroatoms. The van der Waals surface area contributed by atoms with Crippen molar-refractivity contribution in [3.05, 3.63) is 76.3 Å². The highest BCUT2D eigenvalue weighted by molar-refractivity contribution is 9.10. The third-order valence-corrected chi connectivity index (χ3v) is 4.67. The normalized spacial score (nSPS) is 17.1. The lowest BCUT2D eigenvalue weighted by Gasteiger charge is -2.26. The van der Waals surface area contributed by atoms with Crippen molar-refractivity contribution in [1.82, 2.24) is 0 Å². The third kappa shape index (κ3) is 2.22. The summed E-state index contributed by atoms with van der Waals surface area (Å²) < 4.78 is 6.50. The summed E-state index contributed by atoms with van der Waals surface area (Å²) in [6, 6.07) is 20.3. The lowest BCUT2D eigenvalue weighted by molar-refractivity contribution is -0.135. The molecule has 1 atom stereocenters. The van der Waals surface area contributed by atoms with Crippen LogP contribution in [0.1, 0.15) is 23.5 Å². The molecule has 1 aliphatic heterocycles. The molecule has 22 heavy (non-hydrogen) atoms. The van der Waals surface area contributed by atoms with Crippen molar-refractivity contribution in [2.24, 2.45) is 0 Å². The Bertz CT molecular complexity index is 868. The van der Waals surface area contributed by atoms with Crippen LogP contribution in [-0.2, 0) is 4.79 Å². The van der Waals surface area contributed by atoms with Gasteiger partial charge in [0, 0.05) is 16.0 Å². The Morgan fingerprint density at radius 2 is 1.73 bits per heavy atom. The maximum absolute atomic E-state index is 12.0. The summed E-state index contributed by atoms with van der Waals surface area (Å²) >= 11 is 3.46. The van der Waals surface area contributed by atoms with Gasteiger partial charge in [0.2, 0.25) is 0 Å². The zero-order chi connectivity index (χ0) is 15.1. The minimum Gasteiger partial charge on any atom is -0.426 e. The van der Waals surface area contributed by atoms with Gasteiger partial charge in [-0.05, 0) is 34.5 Å². The molecule has 0 unspecified atom stereocenters. The number of hydrogen-bond acceptors (Lipinski definition) is 2. The predicted molar refractivity (Wildman–Crippen MR) is 90.2 cm³/mol. The van der Waals surface area contributed by atoms with Crippen LogP contribution >= 0.6 is 15.9 Å². The number of fused-ring (bicyclic) bond motifs is 3. The lowest BCUT2D eigenvalue weighted by Crippen LogP contribution is -2.21. The number of benzene rings is 3. The summed E-state index contributed by atoms with van der Waals surface area (Å²) in [7, 11) is 0. The van der Waals surface area contributed by atoms with E-state index in [1.165, 1.54) is 5.39 Å². The first-order chi connectivity index (χ1) is 10.7. The molecule has 0 aromatic heterocycles. The van der Waals surface area contributed by atoms with Crippen molar-refractivity contribution in [3.63, 3.8) is 0 Å². The summed E-state index contributed by atoms with van der Waals surface area (Å²) in [6.07, 6.45) is 0.378. The molecule has 0 aliphatic carbocycles. The molecule has 4 rings (SSSR count). The van der Waals surface area contributed by atoms with Gasteiger partial charge in [-0.3, -0.25) is 4.79 Å². The van der Waals surface area contributed by atoms with Crippen LogP contribution < -0.4 is 4.74 Å². The Balaban J connectivity index is 1.97. The van der Waals surface area contributed by atoms with E-state index in [2.05, 4.69) is 40.2 Å². The van der Waals surface area contributed by atoms with E-state index >= 15 is 0 Å². The molecule has 0 N–H and O–H groups in total.